The molecule has 0 aromatic heterocycles. The van der Waals surface area contributed by atoms with E-state index >= 15 is 0 Å². The molecule has 122 valence electrons. The summed E-state index contributed by atoms with van der Waals surface area (Å²) in [6, 6.07) is 5.08. The summed E-state index contributed by atoms with van der Waals surface area (Å²) in [5.41, 5.74) is -0.359. The van der Waals surface area contributed by atoms with Crippen LogP contribution in [0.2, 0.25) is 0 Å². The zero-order valence-corrected chi connectivity index (χ0v) is 12.7. The Balaban J connectivity index is 1.98. The summed E-state index contributed by atoms with van der Waals surface area (Å²) in [5.74, 6) is -0.180. The largest absolute Gasteiger partial charge is 0.416 e. The number of hydrogen-bond acceptors (Lipinski definition) is 2. The van der Waals surface area contributed by atoms with E-state index in [0.717, 1.165) is 17.7 Å². The first-order chi connectivity index (χ1) is 10.2. The topological polar surface area (TPSA) is 38.3 Å². The molecule has 0 radical (unpaired) electrons. The molecule has 22 heavy (non-hydrogen) atoms. The van der Waals surface area contributed by atoms with Crippen LogP contribution in [0.25, 0.3) is 0 Å². The van der Waals surface area contributed by atoms with Gasteiger partial charge in [-0.15, -0.1) is 0 Å². The van der Waals surface area contributed by atoms with E-state index in [2.05, 4.69) is 5.32 Å². The highest BCUT2D eigenvalue weighted by Gasteiger charge is 2.31. The van der Waals surface area contributed by atoms with Gasteiger partial charge in [0.05, 0.1) is 18.1 Å². The van der Waals surface area contributed by atoms with Gasteiger partial charge < -0.3 is 10.1 Å². The predicted octanol–water partition coefficient (Wildman–Crippen LogP) is 3.14. The normalized spacial score (nSPS) is 19.2. The van der Waals surface area contributed by atoms with Gasteiger partial charge in [-0.05, 0) is 24.1 Å². The fourth-order valence-electron chi connectivity index (χ4n) is 2.41. The molecule has 1 aromatic carbocycles. The fourth-order valence-corrected chi connectivity index (χ4v) is 2.41. The van der Waals surface area contributed by atoms with Gasteiger partial charge in [0.1, 0.15) is 0 Å². The van der Waals surface area contributed by atoms with Gasteiger partial charge in [-0.2, -0.15) is 13.2 Å². The number of carbonyl (C=O) groups excluding carboxylic acids is 1. The number of ether oxygens (including phenoxy) is 1. The first-order valence-corrected chi connectivity index (χ1v) is 7.23. The van der Waals surface area contributed by atoms with E-state index in [1.807, 2.05) is 13.8 Å². The lowest BCUT2D eigenvalue weighted by Gasteiger charge is -2.26. The Hall–Kier alpha value is -1.56. The Labute approximate surface area is 127 Å². The first kappa shape index (κ1) is 16.8. The van der Waals surface area contributed by atoms with Gasteiger partial charge in [-0.3, -0.25) is 4.79 Å². The van der Waals surface area contributed by atoms with Crippen LogP contribution in [0.4, 0.5) is 13.2 Å². The maximum absolute atomic E-state index is 12.6. The lowest BCUT2D eigenvalue weighted by atomic mass is 9.84. The smallest absolute Gasteiger partial charge is 0.381 e. The molecule has 1 N–H and O–H groups in total. The lowest BCUT2D eigenvalue weighted by molar-refractivity contribution is -0.137. The van der Waals surface area contributed by atoms with E-state index in [9.17, 15) is 18.0 Å². The van der Waals surface area contributed by atoms with Crippen molar-refractivity contribution in [1.29, 1.82) is 0 Å². The SMILES string of the molecule is CC(C)(CNC(=O)[C@@H]1CCOC1)c1ccc(C(F)(F)F)cc1. The van der Waals surface area contributed by atoms with Crippen molar-refractivity contribution in [2.45, 2.75) is 31.9 Å². The van der Waals surface area contributed by atoms with Crippen LogP contribution >= 0.6 is 0 Å². The predicted molar refractivity (Wildman–Crippen MR) is 76.4 cm³/mol. The van der Waals surface area contributed by atoms with Crippen molar-refractivity contribution in [2.24, 2.45) is 5.92 Å². The summed E-state index contributed by atoms with van der Waals surface area (Å²) in [6.07, 6.45) is -3.62. The quantitative estimate of drug-likeness (QED) is 0.927. The van der Waals surface area contributed by atoms with Crippen molar-refractivity contribution in [3.63, 3.8) is 0 Å². The molecular formula is C16H20F3NO2. The van der Waals surface area contributed by atoms with Gasteiger partial charge in [0.25, 0.3) is 0 Å². The number of hydrogen-bond donors (Lipinski definition) is 1. The zero-order valence-electron chi connectivity index (χ0n) is 12.7. The van der Waals surface area contributed by atoms with E-state index in [4.69, 9.17) is 4.74 Å². The minimum Gasteiger partial charge on any atom is -0.381 e. The molecule has 6 heteroatoms. The van der Waals surface area contributed by atoms with Crippen molar-refractivity contribution < 1.29 is 22.7 Å². The van der Waals surface area contributed by atoms with Crippen molar-refractivity contribution in [2.75, 3.05) is 19.8 Å². The standard InChI is InChI=1S/C16H20F3NO2/c1-15(2,10-20-14(21)11-7-8-22-9-11)12-3-5-13(6-4-12)16(17,18)19/h3-6,11H,7-10H2,1-2H3,(H,20,21)/t11-/m1/s1. The third-order valence-corrected chi connectivity index (χ3v) is 4.00. The first-order valence-electron chi connectivity index (χ1n) is 7.23. The molecule has 2 rings (SSSR count). The number of halogens is 3. The zero-order chi connectivity index (χ0) is 16.4. The molecule has 1 aliphatic rings. The van der Waals surface area contributed by atoms with Gasteiger partial charge in [-0.1, -0.05) is 26.0 Å². The van der Waals surface area contributed by atoms with Crippen LogP contribution in [0.5, 0.6) is 0 Å². The van der Waals surface area contributed by atoms with Gasteiger partial charge >= 0.3 is 6.18 Å². The highest BCUT2D eigenvalue weighted by molar-refractivity contribution is 5.79. The van der Waals surface area contributed by atoms with Gasteiger partial charge in [0.2, 0.25) is 5.91 Å². The van der Waals surface area contributed by atoms with Crippen LogP contribution in [-0.2, 0) is 21.1 Å². The third-order valence-electron chi connectivity index (χ3n) is 4.00. The second-order valence-corrected chi connectivity index (χ2v) is 6.24. The summed E-state index contributed by atoms with van der Waals surface area (Å²) in [6.45, 7) is 5.18. The Morgan fingerprint density at radius 3 is 2.32 bits per heavy atom. The minimum absolute atomic E-state index is 0.0579. The minimum atomic E-state index is -4.33. The second kappa shape index (κ2) is 6.28. The highest BCUT2D eigenvalue weighted by Crippen LogP contribution is 2.31. The van der Waals surface area contributed by atoms with E-state index < -0.39 is 17.2 Å². The van der Waals surface area contributed by atoms with Gasteiger partial charge in [0.15, 0.2) is 0 Å². The number of carbonyl (C=O) groups is 1. The molecule has 1 amide bonds. The highest BCUT2D eigenvalue weighted by atomic mass is 19.4. The summed E-state index contributed by atoms with van der Waals surface area (Å²) >= 11 is 0. The Morgan fingerprint density at radius 2 is 1.82 bits per heavy atom. The van der Waals surface area contributed by atoms with Crippen molar-refractivity contribution >= 4 is 5.91 Å². The summed E-state index contributed by atoms with van der Waals surface area (Å²) in [4.78, 5) is 12.0. The maximum Gasteiger partial charge on any atom is 0.416 e. The molecule has 0 bridgehead atoms. The lowest BCUT2D eigenvalue weighted by Crippen LogP contribution is -2.39. The van der Waals surface area contributed by atoms with Crippen LogP contribution in [0.15, 0.2) is 24.3 Å². The summed E-state index contributed by atoms with van der Waals surface area (Å²) in [5, 5.41) is 2.87. The van der Waals surface area contributed by atoms with E-state index in [-0.39, 0.29) is 11.8 Å². The van der Waals surface area contributed by atoms with Crippen LogP contribution < -0.4 is 5.32 Å². The molecule has 1 aromatic rings. The summed E-state index contributed by atoms with van der Waals surface area (Å²) < 4.78 is 42.9. The number of amides is 1. The average Bonchev–Trinajstić information content (AvgIpc) is 2.98. The average molecular weight is 315 g/mol. The monoisotopic (exact) mass is 315 g/mol. The molecule has 1 heterocycles. The van der Waals surface area contributed by atoms with E-state index in [1.54, 1.807) is 0 Å². The number of nitrogens with one attached hydrogen (secondary N) is 1. The van der Waals surface area contributed by atoms with Gasteiger partial charge in [0, 0.05) is 18.6 Å². The van der Waals surface area contributed by atoms with Crippen LogP contribution in [-0.4, -0.2) is 25.7 Å². The molecule has 1 fully saturated rings. The molecule has 0 spiro atoms. The number of rotatable bonds is 4. The Bertz CT molecular complexity index is 517. The number of benzene rings is 1. The van der Waals surface area contributed by atoms with E-state index in [0.29, 0.717) is 26.2 Å². The third kappa shape index (κ3) is 4.00. The molecule has 1 saturated heterocycles. The molecular weight excluding hydrogens is 295 g/mol. The maximum atomic E-state index is 12.6. The molecule has 3 nitrogen and oxygen atoms in total. The van der Waals surface area contributed by atoms with Crippen LogP contribution in [0, 0.1) is 5.92 Å². The van der Waals surface area contributed by atoms with Crippen molar-refractivity contribution in [3.05, 3.63) is 35.4 Å². The molecule has 0 saturated carbocycles. The molecule has 1 atom stereocenters. The second-order valence-electron chi connectivity index (χ2n) is 6.24. The molecule has 0 unspecified atom stereocenters. The fraction of sp³-hybridized carbons (Fsp3) is 0.562. The van der Waals surface area contributed by atoms with Gasteiger partial charge in [-0.25, -0.2) is 0 Å². The number of alkyl halides is 3. The van der Waals surface area contributed by atoms with E-state index in [1.165, 1.54) is 12.1 Å². The van der Waals surface area contributed by atoms with Crippen LogP contribution in [0.1, 0.15) is 31.4 Å². The molecule has 0 aliphatic carbocycles. The van der Waals surface area contributed by atoms with Crippen molar-refractivity contribution in [3.8, 4) is 0 Å². The summed E-state index contributed by atoms with van der Waals surface area (Å²) in [7, 11) is 0. The Kier molecular flexibility index (Phi) is 4.80. The Morgan fingerprint density at radius 1 is 1.23 bits per heavy atom. The molecule has 1 aliphatic heterocycles. The van der Waals surface area contributed by atoms with Crippen LogP contribution in [0.3, 0.4) is 0 Å². The van der Waals surface area contributed by atoms with Crippen molar-refractivity contribution in [1.82, 2.24) is 5.32 Å².